The van der Waals surface area contributed by atoms with Crippen molar-refractivity contribution in [3.05, 3.63) is 84.1 Å². The number of nitrogens with one attached hydrogen (secondary N) is 1. The number of hydrogen-bond donors (Lipinski definition) is 1. The van der Waals surface area contributed by atoms with E-state index >= 15 is 0 Å². The van der Waals surface area contributed by atoms with Gasteiger partial charge < -0.3 is 14.8 Å². The van der Waals surface area contributed by atoms with E-state index in [0.717, 1.165) is 48.8 Å². The number of ether oxygens (including phenoxy) is 2. The van der Waals surface area contributed by atoms with Crippen molar-refractivity contribution in [2.24, 2.45) is 0 Å². The molecule has 2 heterocycles. The molecule has 1 N–H and O–H groups in total. The number of carbonyl (C=O) groups is 1. The Hall–Kier alpha value is -2.87. The Labute approximate surface area is 205 Å². The van der Waals surface area contributed by atoms with Crippen molar-refractivity contribution in [1.82, 2.24) is 15.2 Å². The van der Waals surface area contributed by atoms with E-state index in [2.05, 4.69) is 22.2 Å². The van der Waals surface area contributed by atoms with Gasteiger partial charge in [-0.25, -0.2) is 4.98 Å². The van der Waals surface area contributed by atoms with Crippen molar-refractivity contribution in [1.29, 1.82) is 0 Å². The average molecular weight is 478 g/mol. The Morgan fingerprint density at radius 2 is 1.94 bits per heavy atom. The first-order valence-electron chi connectivity index (χ1n) is 11.6. The third kappa shape index (κ3) is 7.06. The van der Waals surface area contributed by atoms with Gasteiger partial charge in [0, 0.05) is 43.4 Å². The molecule has 2 aromatic carbocycles. The van der Waals surface area contributed by atoms with Crippen LogP contribution in [-0.2, 0) is 11.3 Å². The fourth-order valence-electron chi connectivity index (χ4n) is 3.88. The van der Waals surface area contributed by atoms with Crippen LogP contribution in [0, 0.1) is 0 Å². The van der Waals surface area contributed by atoms with Gasteiger partial charge in [0.2, 0.25) is 0 Å². The first-order chi connectivity index (χ1) is 16.7. The van der Waals surface area contributed by atoms with Gasteiger partial charge in [-0.2, -0.15) is 0 Å². The molecule has 1 saturated heterocycles. The first-order valence-corrected chi connectivity index (χ1v) is 12.5. The predicted octanol–water partition coefficient (Wildman–Crippen LogP) is 4.65. The van der Waals surface area contributed by atoms with Crippen LogP contribution >= 0.6 is 11.8 Å². The number of rotatable bonds is 10. The standard InChI is InChI=1S/C27H31N3O3S/c1-30(22-12-16-32-17-13-22)15-18-33-23-8-5-7-21(19-23)20-29-26(31)25-11-6-14-28-27(25)34-24-9-3-2-4-10-24/h2-11,14,19,22H,12-13,15-18,20H2,1H3,(H,29,31). The molecule has 0 atom stereocenters. The lowest BCUT2D eigenvalue weighted by Crippen LogP contribution is -2.38. The number of aromatic nitrogens is 1. The second kappa shape index (κ2) is 12.6. The third-order valence-corrected chi connectivity index (χ3v) is 6.88. The second-order valence-corrected chi connectivity index (χ2v) is 9.34. The zero-order valence-corrected chi connectivity index (χ0v) is 20.3. The van der Waals surface area contributed by atoms with Crippen molar-refractivity contribution >= 4 is 17.7 Å². The highest BCUT2D eigenvalue weighted by Crippen LogP contribution is 2.28. The smallest absolute Gasteiger partial charge is 0.254 e. The molecular weight excluding hydrogens is 446 g/mol. The molecule has 0 radical (unpaired) electrons. The molecule has 1 amide bonds. The van der Waals surface area contributed by atoms with Crippen LogP contribution in [-0.4, -0.2) is 55.2 Å². The minimum Gasteiger partial charge on any atom is -0.492 e. The summed E-state index contributed by atoms with van der Waals surface area (Å²) in [6, 6.07) is 22.0. The van der Waals surface area contributed by atoms with Crippen molar-refractivity contribution in [2.75, 3.05) is 33.4 Å². The zero-order chi connectivity index (χ0) is 23.6. The number of amides is 1. The Balaban J connectivity index is 1.29. The quantitative estimate of drug-likeness (QED) is 0.459. The Morgan fingerprint density at radius 1 is 1.12 bits per heavy atom. The maximum Gasteiger partial charge on any atom is 0.254 e. The molecule has 178 valence electrons. The fourth-order valence-corrected chi connectivity index (χ4v) is 4.78. The van der Waals surface area contributed by atoms with Gasteiger partial charge in [0.1, 0.15) is 17.4 Å². The average Bonchev–Trinajstić information content (AvgIpc) is 2.89. The molecule has 0 saturated carbocycles. The lowest BCUT2D eigenvalue weighted by atomic mass is 10.1. The van der Waals surface area contributed by atoms with Crippen LogP contribution in [0.3, 0.4) is 0 Å². The second-order valence-electron chi connectivity index (χ2n) is 8.27. The van der Waals surface area contributed by atoms with Crippen LogP contribution < -0.4 is 10.1 Å². The SMILES string of the molecule is CN(CCOc1cccc(CNC(=O)c2cccnc2Sc2ccccc2)c1)C1CCOCC1. The lowest BCUT2D eigenvalue weighted by molar-refractivity contribution is 0.0392. The normalized spacial score (nSPS) is 14.2. The number of carbonyl (C=O) groups excluding carboxylic acids is 1. The summed E-state index contributed by atoms with van der Waals surface area (Å²) in [7, 11) is 2.15. The molecule has 0 bridgehead atoms. The maximum absolute atomic E-state index is 12.9. The topological polar surface area (TPSA) is 63.7 Å². The largest absolute Gasteiger partial charge is 0.492 e. The van der Waals surface area contributed by atoms with Gasteiger partial charge in [0.25, 0.3) is 5.91 Å². The van der Waals surface area contributed by atoms with Crippen LogP contribution in [0.2, 0.25) is 0 Å². The van der Waals surface area contributed by atoms with Gasteiger partial charge in [-0.15, -0.1) is 0 Å². The van der Waals surface area contributed by atoms with Gasteiger partial charge in [-0.05, 0) is 61.9 Å². The monoisotopic (exact) mass is 477 g/mol. The Kier molecular flexibility index (Phi) is 8.96. The minimum atomic E-state index is -0.143. The molecule has 1 aliphatic heterocycles. The van der Waals surface area contributed by atoms with Crippen molar-refractivity contribution in [2.45, 2.75) is 35.3 Å². The van der Waals surface area contributed by atoms with E-state index in [9.17, 15) is 4.79 Å². The van der Waals surface area contributed by atoms with Gasteiger partial charge in [-0.3, -0.25) is 9.69 Å². The van der Waals surface area contributed by atoms with Crippen molar-refractivity contribution in [3.8, 4) is 5.75 Å². The van der Waals surface area contributed by atoms with Gasteiger partial charge >= 0.3 is 0 Å². The first kappa shape index (κ1) is 24.3. The highest BCUT2D eigenvalue weighted by atomic mass is 32.2. The molecular formula is C27H31N3O3S. The summed E-state index contributed by atoms with van der Waals surface area (Å²) in [6.45, 7) is 3.60. The zero-order valence-electron chi connectivity index (χ0n) is 19.5. The summed E-state index contributed by atoms with van der Waals surface area (Å²) in [5.41, 5.74) is 1.56. The molecule has 6 nitrogen and oxygen atoms in total. The van der Waals surface area contributed by atoms with Crippen molar-refractivity contribution < 1.29 is 14.3 Å². The van der Waals surface area contributed by atoms with Crippen LogP contribution in [0.25, 0.3) is 0 Å². The van der Waals surface area contributed by atoms with E-state index < -0.39 is 0 Å². The van der Waals surface area contributed by atoms with Crippen LogP contribution in [0.4, 0.5) is 0 Å². The lowest BCUT2D eigenvalue weighted by Gasteiger charge is -2.31. The highest BCUT2D eigenvalue weighted by Gasteiger charge is 2.18. The number of hydrogen-bond acceptors (Lipinski definition) is 6. The predicted molar refractivity (Wildman–Crippen MR) is 134 cm³/mol. The summed E-state index contributed by atoms with van der Waals surface area (Å²) < 4.78 is 11.4. The summed E-state index contributed by atoms with van der Waals surface area (Å²) >= 11 is 1.49. The number of pyridine rings is 1. The molecule has 34 heavy (non-hydrogen) atoms. The van der Waals surface area contributed by atoms with Crippen LogP contribution in [0.1, 0.15) is 28.8 Å². The van der Waals surface area contributed by atoms with E-state index in [-0.39, 0.29) is 5.91 Å². The van der Waals surface area contributed by atoms with Gasteiger partial charge in [0.05, 0.1) is 5.56 Å². The van der Waals surface area contributed by atoms with E-state index in [1.165, 1.54) is 11.8 Å². The Bertz CT molecular complexity index is 1060. The molecule has 3 aromatic rings. The van der Waals surface area contributed by atoms with Crippen LogP contribution in [0.5, 0.6) is 5.75 Å². The minimum absolute atomic E-state index is 0.143. The molecule has 0 spiro atoms. The van der Waals surface area contributed by atoms with Gasteiger partial charge in [-0.1, -0.05) is 42.1 Å². The molecule has 0 unspecified atom stereocenters. The van der Waals surface area contributed by atoms with E-state index in [4.69, 9.17) is 9.47 Å². The fraction of sp³-hybridized carbons (Fsp3) is 0.333. The van der Waals surface area contributed by atoms with Crippen molar-refractivity contribution in [3.63, 3.8) is 0 Å². The number of nitrogens with zero attached hydrogens (tertiary/aromatic N) is 2. The molecule has 0 aliphatic carbocycles. The molecule has 1 fully saturated rings. The summed E-state index contributed by atoms with van der Waals surface area (Å²) in [5.74, 6) is 0.671. The molecule has 1 aromatic heterocycles. The van der Waals surface area contributed by atoms with Crippen LogP contribution in [0.15, 0.2) is 82.8 Å². The van der Waals surface area contributed by atoms with Gasteiger partial charge in [0.15, 0.2) is 0 Å². The van der Waals surface area contributed by atoms with E-state index in [0.29, 0.717) is 29.8 Å². The third-order valence-electron chi connectivity index (χ3n) is 5.85. The summed E-state index contributed by atoms with van der Waals surface area (Å²) in [4.78, 5) is 20.7. The number of likely N-dealkylation sites (N-methyl/N-ethyl adjacent to an activating group) is 1. The molecule has 7 heteroatoms. The Morgan fingerprint density at radius 3 is 2.76 bits per heavy atom. The highest BCUT2D eigenvalue weighted by molar-refractivity contribution is 7.99. The molecule has 4 rings (SSSR count). The summed E-state index contributed by atoms with van der Waals surface area (Å²) in [6.07, 6.45) is 3.87. The summed E-state index contributed by atoms with van der Waals surface area (Å²) in [5, 5.41) is 3.71. The van der Waals surface area contributed by atoms with E-state index in [1.54, 1.807) is 12.3 Å². The molecule has 1 aliphatic rings. The maximum atomic E-state index is 12.9. The number of benzene rings is 2. The van der Waals surface area contributed by atoms with E-state index in [1.807, 2.05) is 60.7 Å².